The predicted molar refractivity (Wildman–Crippen MR) is 95.5 cm³/mol. The normalized spacial score (nSPS) is 38.5. The molecule has 0 radical (unpaired) electrons. The molecule has 0 aromatic carbocycles. The van der Waals surface area contributed by atoms with Gasteiger partial charge in [-0.25, -0.2) is 0 Å². The topological polar surface area (TPSA) is 6.48 Å². The van der Waals surface area contributed by atoms with Crippen molar-refractivity contribution in [1.29, 1.82) is 0 Å². The Bertz CT molecular complexity index is 305. The zero-order valence-electron chi connectivity index (χ0n) is 15.1. The van der Waals surface area contributed by atoms with E-state index >= 15 is 0 Å². The van der Waals surface area contributed by atoms with Crippen molar-refractivity contribution in [1.82, 2.24) is 9.80 Å². The number of rotatable bonds is 2. The third-order valence-electron chi connectivity index (χ3n) is 6.67. The average molecular weight is 298 g/mol. The summed E-state index contributed by atoms with van der Waals surface area (Å²) in [6.45, 7) is 7.89. The molecular weight excluding hydrogens is 263 g/mol. The first-order valence-electron chi connectivity index (χ1n) is 10.3. The van der Waals surface area contributed by atoms with Crippen LogP contribution in [0.25, 0.3) is 0 Å². The summed E-state index contributed by atoms with van der Waals surface area (Å²) in [5.74, 6) is 2.03. The number of unbranched alkanes of at least 4 members (excludes halogenated alkanes) is 1. The van der Waals surface area contributed by atoms with Crippen molar-refractivity contribution in [3.05, 3.63) is 0 Å². The molecule has 3 heteroatoms. The van der Waals surface area contributed by atoms with Crippen LogP contribution in [0.1, 0.15) is 64.7 Å². The molecule has 0 unspecified atom stereocenters. The molecule has 4 rings (SSSR count). The fraction of sp³-hybridized carbons (Fsp3) is 1.00. The van der Waals surface area contributed by atoms with Gasteiger partial charge in [-0.15, -0.1) is 0 Å². The Morgan fingerprint density at radius 1 is 0.864 bits per heavy atom. The SMILES string of the molecule is C1CCN2C[C@@H]3C[C@@H](CN4CCCC[C@@H]34)[C@H]2C1.[Li][CH2]CCC. The van der Waals surface area contributed by atoms with Crippen molar-refractivity contribution < 1.29 is 0 Å². The van der Waals surface area contributed by atoms with Crippen molar-refractivity contribution in [2.45, 2.75) is 81.9 Å². The number of nitrogens with zero attached hydrogens (tertiary/aromatic N) is 2. The molecule has 0 N–H and O–H groups in total. The quantitative estimate of drug-likeness (QED) is 0.717. The molecule has 0 amide bonds. The number of hydrogen-bond acceptors (Lipinski definition) is 2. The molecule has 122 valence electrons. The predicted octanol–water partition coefficient (Wildman–Crippen LogP) is 3.72. The second-order valence-corrected chi connectivity index (χ2v) is 8.23. The van der Waals surface area contributed by atoms with Gasteiger partial charge in [-0.05, 0) is 57.0 Å². The Morgan fingerprint density at radius 2 is 1.41 bits per heavy atom. The molecule has 4 fully saturated rings. The van der Waals surface area contributed by atoms with Crippen LogP contribution >= 0.6 is 0 Å². The third-order valence-corrected chi connectivity index (χ3v) is 6.67. The van der Waals surface area contributed by atoms with Gasteiger partial charge in [0.1, 0.15) is 0 Å². The monoisotopic (exact) mass is 298 g/mol. The van der Waals surface area contributed by atoms with Gasteiger partial charge in [-0.3, -0.25) is 9.80 Å². The first kappa shape index (κ1) is 17.3. The van der Waals surface area contributed by atoms with E-state index in [1.807, 2.05) is 0 Å². The number of fused-ring (bicyclic) bond motifs is 6. The summed E-state index contributed by atoms with van der Waals surface area (Å²) in [6.07, 6.45) is 13.2. The zero-order chi connectivity index (χ0) is 15.4. The van der Waals surface area contributed by atoms with Crippen molar-refractivity contribution in [2.75, 3.05) is 26.2 Å². The van der Waals surface area contributed by atoms with Crippen LogP contribution in [0, 0.1) is 11.8 Å². The van der Waals surface area contributed by atoms with Crippen LogP contribution in [0.5, 0.6) is 0 Å². The molecule has 4 saturated heterocycles. The maximum absolute atomic E-state index is 2.87. The fourth-order valence-electron chi connectivity index (χ4n) is 5.61. The summed E-state index contributed by atoms with van der Waals surface area (Å²) < 4.78 is 0. The first-order chi connectivity index (χ1) is 10.8. The summed E-state index contributed by atoms with van der Waals surface area (Å²) in [7, 11) is 0. The molecule has 2 nitrogen and oxygen atoms in total. The van der Waals surface area contributed by atoms with E-state index in [9.17, 15) is 0 Å². The standard InChI is InChI=1S/C15H26N2.C4H9.Li/c1-3-7-16-11-13-9-12(14(16)5-1)10-17-8-4-2-6-15(13)17;1-3-4-2;/h12-15H,1-11H2;1,3-4H2,2H3;/t12-,13-,14-,15+;;/m0../s1. The minimum absolute atomic E-state index is 0.961. The van der Waals surface area contributed by atoms with Gasteiger partial charge in [-0.1, -0.05) is 12.8 Å². The van der Waals surface area contributed by atoms with Crippen LogP contribution in [0.15, 0.2) is 0 Å². The van der Waals surface area contributed by atoms with E-state index in [1.54, 1.807) is 6.42 Å². The zero-order valence-corrected chi connectivity index (χ0v) is 15.1. The van der Waals surface area contributed by atoms with Gasteiger partial charge in [0, 0.05) is 25.2 Å². The van der Waals surface area contributed by atoms with Gasteiger partial charge in [0.2, 0.25) is 0 Å². The maximum atomic E-state index is 2.87. The molecule has 0 aromatic rings. The van der Waals surface area contributed by atoms with Crippen LogP contribution in [0.4, 0.5) is 0 Å². The fourth-order valence-corrected chi connectivity index (χ4v) is 5.61. The van der Waals surface area contributed by atoms with Gasteiger partial charge in [-0.2, -0.15) is 0 Å². The molecule has 0 saturated carbocycles. The number of piperidine rings is 4. The number of hydrogen-bond donors (Lipinski definition) is 0. The van der Waals surface area contributed by atoms with Gasteiger partial charge in [0.25, 0.3) is 0 Å². The van der Waals surface area contributed by atoms with Gasteiger partial charge in [0.15, 0.2) is 0 Å². The second kappa shape index (κ2) is 8.57. The molecule has 4 heterocycles. The van der Waals surface area contributed by atoms with Crippen LogP contribution < -0.4 is 0 Å². The Labute approximate surface area is 147 Å². The summed E-state index contributed by atoms with van der Waals surface area (Å²) in [4.78, 5) is 5.74. The Balaban J connectivity index is 0.000000254. The molecule has 4 atom stereocenters. The Kier molecular flexibility index (Phi) is 6.75. The second-order valence-electron chi connectivity index (χ2n) is 8.23. The molecular formula is C19H35LiN2. The van der Waals surface area contributed by atoms with Crippen LogP contribution in [0.2, 0.25) is 5.09 Å². The molecule has 22 heavy (non-hydrogen) atoms. The first-order valence-corrected chi connectivity index (χ1v) is 10.3. The van der Waals surface area contributed by atoms with E-state index in [0.29, 0.717) is 0 Å². The summed E-state index contributed by atoms with van der Waals surface area (Å²) in [5, 5.41) is 1.34. The van der Waals surface area contributed by atoms with Gasteiger partial charge >= 0.3 is 42.6 Å². The molecule has 0 aliphatic carbocycles. The van der Waals surface area contributed by atoms with Crippen LogP contribution in [-0.2, 0) is 0 Å². The van der Waals surface area contributed by atoms with E-state index in [1.165, 1.54) is 82.6 Å². The summed E-state index contributed by atoms with van der Waals surface area (Å²) >= 11 is 2.21. The molecule has 4 aliphatic heterocycles. The van der Waals surface area contributed by atoms with Crippen molar-refractivity contribution in [2.24, 2.45) is 11.8 Å². The van der Waals surface area contributed by atoms with Crippen LogP contribution in [-0.4, -0.2) is 65.8 Å². The molecule has 2 bridgehead atoms. The van der Waals surface area contributed by atoms with E-state index < -0.39 is 0 Å². The van der Waals surface area contributed by atoms with Crippen molar-refractivity contribution in [3.63, 3.8) is 0 Å². The third kappa shape index (κ3) is 3.94. The molecule has 0 spiro atoms. The van der Waals surface area contributed by atoms with E-state index in [-0.39, 0.29) is 0 Å². The summed E-state index contributed by atoms with van der Waals surface area (Å²) in [6, 6.07) is 1.92. The van der Waals surface area contributed by atoms with E-state index in [2.05, 4.69) is 34.4 Å². The minimum atomic E-state index is 0.961. The Hall–Kier alpha value is 0.517. The summed E-state index contributed by atoms with van der Waals surface area (Å²) in [5.41, 5.74) is 0. The van der Waals surface area contributed by atoms with Crippen LogP contribution in [0.3, 0.4) is 0 Å². The average Bonchev–Trinajstić information content (AvgIpc) is 2.56. The Morgan fingerprint density at radius 3 is 1.82 bits per heavy atom. The van der Waals surface area contributed by atoms with Gasteiger partial charge in [0.05, 0.1) is 0 Å². The molecule has 4 aliphatic rings. The molecule has 0 aromatic heterocycles. The van der Waals surface area contributed by atoms with Crippen molar-refractivity contribution >= 4 is 17.7 Å². The van der Waals surface area contributed by atoms with E-state index in [4.69, 9.17) is 0 Å². The van der Waals surface area contributed by atoms with Crippen molar-refractivity contribution in [3.8, 4) is 0 Å². The van der Waals surface area contributed by atoms with Gasteiger partial charge < -0.3 is 0 Å². The van der Waals surface area contributed by atoms with E-state index in [0.717, 1.165) is 23.9 Å².